The molecule has 16 heavy (non-hydrogen) atoms. The molecule has 2 rings (SSSR count). The molecule has 0 radical (unpaired) electrons. The number of aldehydes is 1. The first-order valence-electron chi connectivity index (χ1n) is 4.72. The number of hydrogen-bond acceptors (Lipinski definition) is 1. The molecule has 2 aromatic carbocycles. The Hall–Kier alpha value is -1.48. The maximum atomic E-state index is 13.6. The van der Waals surface area contributed by atoms with Gasteiger partial charge in [0.25, 0.3) is 0 Å². The van der Waals surface area contributed by atoms with Crippen LogP contribution in [0.3, 0.4) is 0 Å². The molecule has 0 aliphatic heterocycles. The predicted molar refractivity (Wildman–Crippen MR) is 64.9 cm³/mol. The molecule has 0 N–H and O–H groups in total. The van der Waals surface area contributed by atoms with Gasteiger partial charge in [-0.05, 0) is 23.8 Å². The van der Waals surface area contributed by atoms with Gasteiger partial charge in [0.15, 0.2) is 6.29 Å². The molecule has 0 unspecified atom stereocenters. The van der Waals surface area contributed by atoms with E-state index in [1.54, 1.807) is 36.4 Å². The Morgan fingerprint density at radius 3 is 2.56 bits per heavy atom. The van der Waals surface area contributed by atoms with Gasteiger partial charge in [-0.1, -0.05) is 40.2 Å². The van der Waals surface area contributed by atoms with Gasteiger partial charge in [-0.15, -0.1) is 0 Å². The van der Waals surface area contributed by atoms with Gasteiger partial charge < -0.3 is 0 Å². The Bertz CT molecular complexity index is 537. The summed E-state index contributed by atoms with van der Waals surface area (Å²) in [6, 6.07) is 11.6. The van der Waals surface area contributed by atoms with E-state index in [2.05, 4.69) is 15.9 Å². The van der Waals surface area contributed by atoms with Crippen molar-refractivity contribution in [3.8, 4) is 11.1 Å². The van der Waals surface area contributed by atoms with Crippen LogP contribution >= 0.6 is 15.9 Å². The van der Waals surface area contributed by atoms with Crippen LogP contribution in [0.15, 0.2) is 46.9 Å². The zero-order chi connectivity index (χ0) is 11.5. The fourth-order valence-corrected chi connectivity index (χ4v) is 1.91. The van der Waals surface area contributed by atoms with Crippen molar-refractivity contribution in [3.63, 3.8) is 0 Å². The van der Waals surface area contributed by atoms with Gasteiger partial charge in [0.2, 0.25) is 0 Å². The van der Waals surface area contributed by atoms with Crippen LogP contribution in [0, 0.1) is 5.82 Å². The predicted octanol–water partition coefficient (Wildman–Crippen LogP) is 4.07. The molecule has 0 bridgehead atoms. The second-order valence-corrected chi connectivity index (χ2v) is 4.24. The van der Waals surface area contributed by atoms with Crippen LogP contribution in [-0.4, -0.2) is 6.29 Å². The monoisotopic (exact) mass is 278 g/mol. The van der Waals surface area contributed by atoms with Crippen LogP contribution < -0.4 is 0 Å². The largest absolute Gasteiger partial charge is 0.298 e. The lowest BCUT2D eigenvalue weighted by molar-refractivity contribution is 0.112. The molecule has 0 fully saturated rings. The van der Waals surface area contributed by atoms with Crippen LogP contribution in [0.5, 0.6) is 0 Å². The van der Waals surface area contributed by atoms with Gasteiger partial charge in [0.05, 0.1) is 0 Å². The maximum absolute atomic E-state index is 13.6. The molecule has 3 heteroatoms. The van der Waals surface area contributed by atoms with E-state index >= 15 is 0 Å². The molecule has 0 amide bonds. The van der Waals surface area contributed by atoms with Crippen LogP contribution in [0.1, 0.15) is 10.4 Å². The van der Waals surface area contributed by atoms with Crippen molar-refractivity contribution in [1.82, 2.24) is 0 Å². The topological polar surface area (TPSA) is 17.1 Å². The lowest BCUT2D eigenvalue weighted by atomic mass is 10.0. The highest BCUT2D eigenvalue weighted by atomic mass is 79.9. The molecule has 0 heterocycles. The van der Waals surface area contributed by atoms with Crippen LogP contribution in [-0.2, 0) is 0 Å². The van der Waals surface area contributed by atoms with Crippen LogP contribution in [0.4, 0.5) is 4.39 Å². The number of carbonyl (C=O) groups excluding carboxylic acids is 1. The molecule has 80 valence electrons. The first-order chi connectivity index (χ1) is 7.72. The summed E-state index contributed by atoms with van der Waals surface area (Å²) in [7, 11) is 0. The maximum Gasteiger partial charge on any atom is 0.150 e. The molecule has 0 spiro atoms. The van der Waals surface area contributed by atoms with E-state index in [1.165, 1.54) is 6.07 Å². The Kier molecular flexibility index (Phi) is 3.15. The minimum atomic E-state index is -0.336. The van der Waals surface area contributed by atoms with E-state index in [9.17, 15) is 9.18 Å². The molecule has 0 atom stereocenters. The Balaban J connectivity index is 2.66. The summed E-state index contributed by atoms with van der Waals surface area (Å²) in [5.41, 5.74) is 1.52. The fraction of sp³-hybridized carbons (Fsp3) is 0. The lowest BCUT2D eigenvalue weighted by Crippen LogP contribution is -1.90. The molecule has 0 saturated carbocycles. The van der Waals surface area contributed by atoms with Gasteiger partial charge in [-0.3, -0.25) is 4.79 Å². The number of carbonyl (C=O) groups is 1. The molecule has 0 aliphatic rings. The van der Waals surface area contributed by atoms with Gasteiger partial charge in [-0.2, -0.15) is 0 Å². The first-order valence-corrected chi connectivity index (χ1v) is 5.51. The van der Waals surface area contributed by atoms with Crippen molar-refractivity contribution in [3.05, 3.63) is 58.3 Å². The average molecular weight is 279 g/mol. The summed E-state index contributed by atoms with van der Waals surface area (Å²) in [5, 5.41) is 0. The smallest absolute Gasteiger partial charge is 0.150 e. The van der Waals surface area contributed by atoms with Crippen molar-refractivity contribution in [1.29, 1.82) is 0 Å². The highest BCUT2D eigenvalue weighted by Crippen LogP contribution is 2.28. The van der Waals surface area contributed by atoms with Gasteiger partial charge >= 0.3 is 0 Å². The minimum Gasteiger partial charge on any atom is -0.298 e. The summed E-state index contributed by atoms with van der Waals surface area (Å²) >= 11 is 3.29. The minimum absolute atomic E-state index is 0.336. The normalized spacial score (nSPS) is 10.1. The average Bonchev–Trinajstić information content (AvgIpc) is 2.32. The molecule has 0 aliphatic carbocycles. The van der Waals surface area contributed by atoms with Crippen molar-refractivity contribution in [2.75, 3.05) is 0 Å². The van der Waals surface area contributed by atoms with Gasteiger partial charge in [-0.25, -0.2) is 4.39 Å². The summed E-state index contributed by atoms with van der Waals surface area (Å²) in [6.07, 6.45) is 0.732. The molecule has 0 saturated heterocycles. The van der Waals surface area contributed by atoms with E-state index in [1.807, 2.05) is 0 Å². The quantitative estimate of drug-likeness (QED) is 0.757. The fourth-order valence-electron chi connectivity index (χ4n) is 1.55. The number of benzene rings is 2. The van der Waals surface area contributed by atoms with Crippen LogP contribution in [0.2, 0.25) is 0 Å². The van der Waals surface area contributed by atoms with E-state index in [0.717, 1.165) is 10.8 Å². The first kappa shape index (κ1) is 11.0. The van der Waals surface area contributed by atoms with Gasteiger partial charge in [0, 0.05) is 15.6 Å². The SMILES string of the molecule is O=Cc1ccccc1-c1cc(Br)ccc1F. The third-order valence-corrected chi connectivity index (χ3v) is 2.80. The Labute approximate surface area is 101 Å². The van der Waals surface area contributed by atoms with Crippen molar-refractivity contribution in [2.45, 2.75) is 0 Å². The number of rotatable bonds is 2. The summed E-state index contributed by atoms with van der Waals surface area (Å²) < 4.78 is 14.4. The number of hydrogen-bond donors (Lipinski definition) is 0. The van der Waals surface area contributed by atoms with Crippen molar-refractivity contribution >= 4 is 22.2 Å². The highest BCUT2D eigenvalue weighted by Gasteiger charge is 2.09. The van der Waals surface area contributed by atoms with Crippen molar-refractivity contribution < 1.29 is 9.18 Å². The zero-order valence-electron chi connectivity index (χ0n) is 8.28. The third kappa shape index (κ3) is 2.04. The van der Waals surface area contributed by atoms with E-state index < -0.39 is 0 Å². The molecule has 1 nitrogen and oxygen atoms in total. The van der Waals surface area contributed by atoms with Crippen molar-refractivity contribution in [2.24, 2.45) is 0 Å². The van der Waals surface area contributed by atoms with Crippen LogP contribution in [0.25, 0.3) is 11.1 Å². The highest BCUT2D eigenvalue weighted by molar-refractivity contribution is 9.10. The molecule has 0 aromatic heterocycles. The molecule has 2 aromatic rings. The summed E-state index contributed by atoms with van der Waals surface area (Å²) in [4.78, 5) is 10.9. The zero-order valence-corrected chi connectivity index (χ0v) is 9.87. The third-order valence-electron chi connectivity index (χ3n) is 2.31. The van der Waals surface area contributed by atoms with E-state index in [-0.39, 0.29) is 5.82 Å². The summed E-state index contributed by atoms with van der Waals surface area (Å²) in [5.74, 6) is -0.336. The van der Waals surface area contributed by atoms with E-state index in [4.69, 9.17) is 0 Å². The summed E-state index contributed by atoms with van der Waals surface area (Å²) in [6.45, 7) is 0. The Morgan fingerprint density at radius 1 is 1.06 bits per heavy atom. The standard InChI is InChI=1S/C13H8BrFO/c14-10-5-6-13(15)12(7-10)11-4-2-1-3-9(11)8-16/h1-8H. The number of halogens is 2. The second kappa shape index (κ2) is 4.58. The molecular formula is C13H8BrFO. The van der Waals surface area contributed by atoms with Gasteiger partial charge in [0.1, 0.15) is 5.82 Å². The Morgan fingerprint density at radius 2 is 1.81 bits per heavy atom. The lowest BCUT2D eigenvalue weighted by Gasteiger charge is -2.06. The second-order valence-electron chi connectivity index (χ2n) is 3.33. The molecular weight excluding hydrogens is 271 g/mol. The van der Waals surface area contributed by atoms with E-state index in [0.29, 0.717) is 16.7 Å².